The number of rotatable bonds is 3. The zero-order chi connectivity index (χ0) is 27.6. The normalized spacial score (nSPS) is 13.2. The summed E-state index contributed by atoms with van der Waals surface area (Å²) in [6, 6.07) is 39.6. The van der Waals surface area contributed by atoms with Crippen LogP contribution >= 0.6 is 0 Å². The van der Waals surface area contributed by atoms with Crippen molar-refractivity contribution in [2.45, 2.75) is 38.5 Å². The molecule has 0 N–H and O–H groups in total. The second kappa shape index (κ2) is 12.4. The molecule has 42 heavy (non-hydrogen) atoms. The molecule has 1 aliphatic carbocycles. The average molecular weight is 723 g/mol. The van der Waals surface area contributed by atoms with E-state index in [0.29, 0.717) is 5.92 Å². The Morgan fingerprint density at radius 2 is 1.57 bits per heavy atom. The smallest absolute Gasteiger partial charge is 0.123 e. The fraction of sp³-hybridized carbons (Fsp3) is 0.158. The van der Waals surface area contributed by atoms with Gasteiger partial charge in [-0.25, -0.2) is 0 Å². The molecule has 0 atom stereocenters. The van der Waals surface area contributed by atoms with Crippen molar-refractivity contribution < 1.29 is 24.5 Å². The monoisotopic (exact) mass is 723 g/mol. The largest absolute Gasteiger partial charge is 0.500 e. The van der Waals surface area contributed by atoms with E-state index in [-0.39, 0.29) is 20.1 Å². The van der Waals surface area contributed by atoms with Crippen LogP contribution in [0.25, 0.3) is 55.2 Å². The molecule has 3 nitrogen and oxygen atoms in total. The molecule has 0 saturated heterocycles. The molecular formula is C38H30IrN2O-2. The van der Waals surface area contributed by atoms with E-state index in [1.165, 1.54) is 36.6 Å². The molecule has 1 aliphatic rings. The maximum atomic E-state index is 6.35. The van der Waals surface area contributed by atoms with Gasteiger partial charge in [-0.2, -0.15) is 0 Å². The molecule has 209 valence electrons. The van der Waals surface area contributed by atoms with Gasteiger partial charge >= 0.3 is 0 Å². The topological polar surface area (TPSA) is 38.9 Å². The van der Waals surface area contributed by atoms with Crippen molar-refractivity contribution in [3.05, 3.63) is 133 Å². The number of hydrogen-bond donors (Lipinski definition) is 0. The van der Waals surface area contributed by atoms with E-state index in [1.807, 2.05) is 54.7 Å². The zero-order valence-electron chi connectivity index (χ0n) is 23.4. The molecule has 3 aromatic heterocycles. The standard InChI is InChI=1S/C27H22NO.C11H8N.Ir/c1-17-6-4-9-22-23-10-5-11-24(27(23)29-26(17)22)25-21-13-12-19(18-7-2-3-8-18)16-20(21)14-15-28-25;1-2-6-10(7-3-1)11-8-4-5-9-12-11;/h4-6,9-10,12-16,18H,2-3,7-8H2,1H3;1-6,8-9H;/q2*-1;. The second-order valence-electron chi connectivity index (χ2n) is 10.8. The van der Waals surface area contributed by atoms with Crippen LogP contribution in [0, 0.1) is 19.1 Å². The molecule has 1 saturated carbocycles. The molecule has 0 unspecified atom stereocenters. The van der Waals surface area contributed by atoms with Crippen LogP contribution in [0.1, 0.15) is 42.7 Å². The van der Waals surface area contributed by atoms with Gasteiger partial charge in [0.2, 0.25) is 0 Å². The molecule has 7 aromatic rings. The Kier molecular flexibility index (Phi) is 8.28. The maximum Gasteiger partial charge on any atom is 0.123 e. The van der Waals surface area contributed by atoms with Crippen LogP contribution in [0.15, 0.2) is 114 Å². The SMILES string of the molecule is Cc1cccc2c1oc1c(-c3nccc4cc(C5CCCC5)ccc34)[c-]ccc12.[Ir].[c-]1ccccc1-c1ccccn1. The minimum Gasteiger partial charge on any atom is -0.500 e. The second-order valence-corrected chi connectivity index (χ2v) is 10.8. The van der Waals surface area contributed by atoms with Crippen LogP contribution in [-0.4, -0.2) is 9.97 Å². The van der Waals surface area contributed by atoms with Crippen molar-refractivity contribution in [1.82, 2.24) is 9.97 Å². The number of fused-ring (bicyclic) bond motifs is 4. The fourth-order valence-corrected chi connectivity index (χ4v) is 6.06. The number of para-hydroxylation sites is 1. The van der Waals surface area contributed by atoms with Crippen molar-refractivity contribution in [2.75, 3.05) is 0 Å². The molecule has 8 rings (SSSR count). The third-order valence-electron chi connectivity index (χ3n) is 8.16. The summed E-state index contributed by atoms with van der Waals surface area (Å²) in [6.45, 7) is 2.09. The van der Waals surface area contributed by atoms with Crippen molar-refractivity contribution in [2.24, 2.45) is 0 Å². The van der Waals surface area contributed by atoms with Crippen molar-refractivity contribution in [3.8, 4) is 22.5 Å². The number of aromatic nitrogens is 2. The van der Waals surface area contributed by atoms with Crippen LogP contribution in [0.5, 0.6) is 0 Å². The van der Waals surface area contributed by atoms with Gasteiger partial charge in [-0.15, -0.1) is 54.1 Å². The zero-order valence-corrected chi connectivity index (χ0v) is 25.8. The first-order valence-corrected chi connectivity index (χ1v) is 14.4. The first-order chi connectivity index (χ1) is 20.3. The maximum absolute atomic E-state index is 6.35. The number of hydrogen-bond acceptors (Lipinski definition) is 3. The molecule has 0 spiro atoms. The van der Waals surface area contributed by atoms with Gasteiger partial charge in [0.05, 0.1) is 5.58 Å². The number of benzene rings is 4. The Morgan fingerprint density at radius 1 is 0.714 bits per heavy atom. The predicted octanol–water partition coefficient (Wildman–Crippen LogP) is 10.1. The van der Waals surface area contributed by atoms with Crippen molar-refractivity contribution >= 4 is 32.7 Å². The summed E-state index contributed by atoms with van der Waals surface area (Å²) in [6.07, 6.45) is 9.04. The molecule has 0 aliphatic heterocycles. The van der Waals surface area contributed by atoms with Crippen LogP contribution in [0.4, 0.5) is 0 Å². The van der Waals surface area contributed by atoms with Gasteiger partial charge < -0.3 is 14.4 Å². The van der Waals surface area contributed by atoms with Crippen LogP contribution in [-0.2, 0) is 20.1 Å². The molecular weight excluding hydrogens is 693 g/mol. The van der Waals surface area contributed by atoms with Gasteiger partial charge in [-0.1, -0.05) is 72.3 Å². The molecule has 0 bridgehead atoms. The van der Waals surface area contributed by atoms with E-state index in [1.54, 1.807) is 6.20 Å². The number of furan rings is 1. The number of aryl methyl sites for hydroxylation is 1. The summed E-state index contributed by atoms with van der Waals surface area (Å²) in [5.41, 5.74) is 8.34. The van der Waals surface area contributed by atoms with Crippen LogP contribution in [0.2, 0.25) is 0 Å². The Balaban J connectivity index is 0.000000205. The fourth-order valence-electron chi connectivity index (χ4n) is 6.06. The van der Waals surface area contributed by atoms with Gasteiger partial charge in [-0.05, 0) is 71.1 Å². The molecule has 1 fully saturated rings. The third-order valence-corrected chi connectivity index (χ3v) is 8.16. The molecule has 4 heteroatoms. The minimum absolute atomic E-state index is 0. The van der Waals surface area contributed by atoms with E-state index in [4.69, 9.17) is 9.40 Å². The van der Waals surface area contributed by atoms with Gasteiger partial charge in [0.25, 0.3) is 0 Å². The third kappa shape index (κ3) is 5.41. The van der Waals surface area contributed by atoms with Crippen molar-refractivity contribution in [1.29, 1.82) is 0 Å². The Labute approximate surface area is 260 Å². The predicted molar refractivity (Wildman–Crippen MR) is 168 cm³/mol. The van der Waals surface area contributed by atoms with Crippen LogP contribution in [0.3, 0.4) is 0 Å². The summed E-state index contributed by atoms with van der Waals surface area (Å²) in [7, 11) is 0. The van der Waals surface area contributed by atoms with Gasteiger partial charge in [0.15, 0.2) is 0 Å². The Morgan fingerprint density at radius 3 is 2.38 bits per heavy atom. The average Bonchev–Trinajstić information content (AvgIpc) is 3.71. The Hall–Kier alpha value is -4.11. The molecule has 1 radical (unpaired) electrons. The van der Waals surface area contributed by atoms with Gasteiger partial charge in [0.1, 0.15) is 5.58 Å². The summed E-state index contributed by atoms with van der Waals surface area (Å²) in [5, 5.41) is 4.69. The van der Waals surface area contributed by atoms with Crippen LogP contribution < -0.4 is 0 Å². The van der Waals surface area contributed by atoms with Gasteiger partial charge in [0, 0.05) is 37.9 Å². The summed E-state index contributed by atoms with van der Waals surface area (Å²) in [5.74, 6) is 0.712. The van der Waals surface area contributed by atoms with E-state index in [2.05, 4.69) is 72.6 Å². The minimum atomic E-state index is 0. The summed E-state index contributed by atoms with van der Waals surface area (Å²) >= 11 is 0. The van der Waals surface area contributed by atoms with E-state index in [9.17, 15) is 0 Å². The van der Waals surface area contributed by atoms with E-state index >= 15 is 0 Å². The summed E-state index contributed by atoms with van der Waals surface area (Å²) in [4.78, 5) is 8.97. The first kappa shape index (κ1) is 28.0. The number of nitrogens with zero attached hydrogens (tertiary/aromatic N) is 2. The van der Waals surface area contributed by atoms with Gasteiger partial charge in [-0.3, -0.25) is 0 Å². The van der Waals surface area contributed by atoms with E-state index < -0.39 is 0 Å². The molecule has 0 amide bonds. The molecule has 4 aromatic carbocycles. The quantitative estimate of drug-likeness (QED) is 0.171. The number of pyridine rings is 2. The molecule has 3 heterocycles. The van der Waals surface area contributed by atoms with Crippen molar-refractivity contribution in [3.63, 3.8) is 0 Å². The summed E-state index contributed by atoms with van der Waals surface area (Å²) < 4.78 is 6.35. The van der Waals surface area contributed by atoms with E-state index in [0.717, 1.165) is 55.4 Å². The Bertz CT molecular complexity index is 1920. The first-order valence-electron chi connectivity index (χ1n) is 14.4.